The van der Waals surface area contributed by atoms with E-state index in [2.05, 4.69) is 0 Å². The van der Waals surface area contributed by atoms with Crippen LogP contribution < -0.4 is 0 Å². The normalized spacial score (nSPS) is 35.7. The molecule has 0 spiro atoms. The zero-order valence-electron chi connectivity index (χ0n) is 13.2. The largest absolute Gasteiger partial charge is 0.455 e. The number of carbonyl (C=O) groups excluding carboxylic acids is 2. The van der Waals surface area contributed by atoms with Gasteiger partial charge in [0.2, 0.25) is 0 Å². The predicted octanol–water partition coefficient (Wildman–Crippen LogP) is 3.61. The number of hydrogen-bond donors (Lipinski definition) is 0. The van der Waals surface area contributed by atoms with Crippen molar-refractivity contribution in [1.82, 2.24) is 0 Å². The number of hydrogen-bond acceptors (Lipinski definition) is 3. The molecule has 4 bridgehead atoms. The van der Waals surface area contributed by atoms with Crippen molar-refractivity contribution >= 4 is 11.8 Å². The Kier molecular flexibility index (Phi) is 2.97. The van der Waals surface area contributed by atoms with Crippen LogP contribution in [0.1, 0.15) is 53.6 Å². The maximum Gasteiger partial charge on any atom is 0.338 e. The minimum Gasteiger partial charge on any atom is -0.455 e. The van der Waals surface area contributed by atoms with Crippen molar-refractivity contribution in [3.05, 3.63) is 34.9 Å². The lowest BCUT2D eigenvalue weighted by molar-refractivity contribution is -0.162. The Morgan fingerprint density at radius 3 is 2.45 bits per heavy atom. The summed E-state index contributed by atoms with van der Waals surface area (Å²) in [4.78, 5) is 24.9. The highest BCUT2D eigenvalue weighted by atomic mass is 16.6. The standard InChI is InChI=1S/C19H22O3/c1-11-3-4-16(12(2)5-11)18(21)22-19-8-13-6-14(9-19)17(20)15(7-13)10-19/h3-5,13-15H,6-10H2,1-2H3. The first-order chi connectivity index (χ1) is 10.5. The second kappa shape index (κ2) is 4.68. The Morgan fingerprint density at radius 1 is 1.14 bits per heavy atom. The molecule has 2 atom stereocenters. The third-order valence-electron chi connectivity index (χ3n) is 5.85. The number of esters is 1. The van der Waals surface area contributed by atoms with E-state index in [1.807, 2.05) is 32.0 Å². The van der Waals surface area contributed by atoms with Crippen molar-refractivity contribution in [3.63, 3.8) is 0 Å². The van der Waals surface area contributed by atoms with Crippen LogP contribution in [0.3, 0.4) is 0 Å². The first-order valence-corrected chi connectivity index (χ1v) is 8.30. The summed E-state index contributed by atoms with van der Waals surface area (Å²) in [5.41, 5.74) is 2.40. The molecule has 0 amide bonds. The lowest BCUT2D eigenvalue weighted by atomic mass is 9.53. The molecule has 4 aliphatic carbocycles. The van der Waals surface area contributed by atoms with Crippen molar-refractivity contribution < 1.29 is 14.3 Å². The number of aryl methyl sites for hydroxylation is 2. The molecule has 0 aromatic heterocycles. The summed E-state index contributed by atoms with van der Waals surface area (Å²) in [6.07, 6.45) is 4.46. The molecule has 0 heterocycles. The molecule has 0 N–H and O–H groups in total. The van der Waals surface area contributed by atoms with E-state index < -0.39 is 0 Å². The average Bonchev–Trinajstić information content (AvgIpc) is 2.43. The highest BCUT2D eigenvalue weighted by molar-refractivity contribution is 5.92. The zero-order chi connectivity index (χ0) is 15.5. The van der Waals surface area contributed by atoms with Gasteiger partial charge in [-0.2, -0.15) is 0 Å². The molecule has 4 fully saturated rings. The van der Waals surface area contributed by atoms with Gasteiger partial charge in [-0.25, -0.2) is 4.79 Å². The number of carbonyl (C=O) groups is 2. The third-order valence-corrected chi connectivity index (χ3v) is 5.85. The topological polar surface area (TPSA) is 43.4 Å². The molecule has 1 aromatic carbocycles. The van der Waals surface area contributed by atoms with Gasteiger partial charge in [0.15, 0.2) is 0 Å². The summed E-state index contributed by atoms with van der Waals surface area (Å²) in [5.74, 6) is 1.06. The smallest absolute Gasteiger partial charge is 0.338 e. The van der Waals surface area contributed by atoms with Gasteiger partial charge in [-0.15, -0.1) is 0 Å². The van der Waals surface area contributed by atoms with Gasteiger partial charge in [0.25, 0.3) is 0 Å². The van der Waals surface area contributed by atoms with Gasteiger partial charge in [0, 0.05) is 11.8 Å². The van der Waals surface area contributed by atoms with Crippen molar-refractivity contribution in [3.8, 4) is 0 Å². The first kappa shape index (κ1) is 14.0. The highest BCUT2D eigenvalue weighted by Crippen LogP contribution is 2.55. The fraction of sp³-hybridized carbons (Fsp3) is 0.579. The van der Waals surface area contributed by atoms with Crippen molar-refractivity contribution in [2.24, 2.45) is 17.8 Å². The fourth-order valence-corrected chi connectivity index (χ4v) is 5.09. The number of benzene rings is 1. The molecule has 4 aliphatic rings. The van der Waals surface area contributed by atoms with Crippen LogP contribution in [0.15, 0.2) is 18.2 Å². The third kappa shape index (κ3) is 2.10. The lowest BCUT2D eigenvalue weighted by Gasteiger charge is -2.54. The van der Waals surface area contributed by atoms with Gasteiger partial charge in [-0.1, -0.05) is 17.7 Å². The molecule has 116 valence electrons. The van der Waals surface area contributed by atoms with E-state index in [0.717, 1.165) is 43.2 Å². The van der Waals surface area contributed by atoms with Crippen LogP contribution >= 0.6 is 0 Å². The molecule has 3 nitrogen and oxygen atoms in total. The van der Waals surface area contributed by atoms with Crippen LogP contribution in [0.4, 0.5) is 0 Å². The Bertz CT molecular complexity index is 643. The summed E-state index contributed by atoms with van der Waals surface area (Å²) in [5, 5.41) is 0. The van der Waals surface area contributed by atoms with E-state index in [9.17, 15) is 9.59 Å². The molecule has 5 rings (SSSR count). The second-order valence-electron chi connectivity index (χ2n) is 7.64. The molecule has 4 saturated carbocycles. The molecule has 0 radical (unpaired) electrons. The zero-order valence-corrected chi connectivity index (χ0v) is 13.2. The molecule has 0 saturated heterocycles. The van der Waals surface area contributed by atoms with Gasteiger partial charge >= 0.3 is 5.97 Å². The summed E-state index contributed by atoms with van der Waals surface area (Å²) < 4.78 is 6.01. The van der Waals surface area contributed by atoms with Crippen molar-refractivity contribution in [2.45, 2.75) is 51.6 Å². The monoisotopic (exact) mass is 298 g/mol. The first-order valence-electron chi connectivity index (χ1n) is 8.30. The molecule has 2 unspecified atom stereocenters. The fourth-order valence-electron chi connectivity index (χ4n) is 5.09. The number of ketones is 1. The van der Waals surface area contributed by atoms with Gasteiger partial charge < -0.3 is 4.74 Å². The van der Waals surface area contributed by atoms with E-state index in [1.54, 1.807) is 0 Å². The van der Waals surface area contributed by atoms with Gasteiger partial charge in [0.05, 0.1) is 5.56 Å². The Labute approximate surface area is 131 Å². The summed E-state index contributed by atoms with van der Waals surface area (Å²) in [7, 11) is 0. The number of ether oxygens (including phenoxy) is 1. The summed E-state index contributed by atoms with van der Waals surface area (Å²) >= 11 is 0. The molecule has 0 aliphatic heterocycles. The van der Waals surface area contributed by atoms with Gasteiger partial charge in [-0.3, -0.25) is 4.79 Å². The Hall–Kier alpha value is -1.64. The van der Waals surface area contributed by atoms with E-state index in [-0.39, 0.29) is 23.4 Å². The number of rotatable bonds is 2. The summed E-state index contributed by atoms with van der Waals surface area (Å²) in [6.45, 7) is 3.97. The quantitative estimate of drug-likeness (QED) is 0.783. The van der Waals surface area contributed by atoms with E-state index in [1.165, 1.54) is 0 Å². The SMILES string of the molecule is Cc1ccc(C(=O)OC23CC4CC(C2)C(=O)C(C4)C3)c(C)c1. The van der Waals surface area contributed by atoms with E-state index >= 15 is 0 Å². The molecule has 22 heavy (non-hydrogen) atoms. The second-order valence-corrected chi connectivity index (χ2v) is 7.64. The summed E-state index contributed by atoms with van der Waals surface area (Å²) in [6, 6.07) is 5.82. The van der Waals surface area contributed by atoms with Crippen LogP contribution in [-0.2, 0) is 9.53 Å². The predicted molar refractivity (Wildman–Crippen MR) is 82.6 cm³/mol. The van der Waals surface area contributed by atoms with Crippen molar-refractivity contribution in [1.29, 1.82) is 0 Å². The lowest BCUT2D eigenvalue weighted by Crippen LogP contribution is -2.56. The van der Waals surface area contributed by atoms with Crippen LogP contribution in [0, 0.1) is 31.6 Å². The minimum absolute atomic E-state index is 0.137. The highest BCUT2D eigenvalue weighted by Gasteiger charge is 2.57. The van der Waals surface area contributed by atoms with Crippen LogP contribution in [0.2, 0.25) is 0 Å². The Balaban J connectivity index is 1.58. The molecule has 1 aromatic rings. The average molecular weight is 298 g/mol. The molecule has 3 heteroatoms. The van der Waals surface area contributed by atoms with Crippen LogP contribution in [-0.4, -0.2) is 17.4 Å². The molecular formula is C19H22O3. The maximum atomic E-state index is 12.6. The van der Waals surface area contributed by atoms with Gasteiger partial charge in [-0.05, 0) is 63.5 Å². The van der Waals surface area contributed by atoms with Crippen molar-refractivity contribution in [2.75, 3.05) is 0 Å². The maximum absolute atomic E-state index is 12.6. The molecular weight excluding hydrogens is 276 g/mol. The minimum atomic E-state index is -0.376. The number of Topliss-reactive ketones (excluding diaryl/α,β-unsaturated/α-hetero) is 1. The van der Waals surface area contributed by atoms with E-state index in [0.29, 0.717) is 17.3 Å². The van der Waals surface area contributed by atoms with Crippen LogP contribution in [0.5, 0.6) is 0 Å². The Morgan fingerprint density at radius 2 is 1.82 bits per heavy atom. The van der Waals surface area contributed by atoms with Crippen LogP contribution in [0.25, 0.3) is 0 Å². The van der Waals surface area contributed by atoms with E-state index in [4.69, 9.17) is 4.74 Å². The van der Waals surface area contributed by atoms with Gasteiger partial charge in [0.1, 0.15) is 11.4 Å².